The van der Waals surface area contributed by atoms with Crippen molar-refractivity contribution < 1.29 is 4.79 Å². The molecule has 0 bridgehead atoms. The van der Waals surface area contributed by atoms with Gasteiger partial charge in [0.1, 0.15) is 6.29 Å². The molecule has 0 aromatic rings. The van der Waals surface area contributed by atoms with Crippen molar-refractivity contribution in [3.05, 3.63) is 0 Å². The maximum atomic E-state index is 11.7. The minimum Gasteiger partial charge on any atom is -0.303 e. The Labute approximate surface area is 118 Å². The quantitative estimate of drug-likeness (QED) is 0.565. The second-order valence-electron chi connectivity index (χ2n) is 6.88. The van der Waals surface area contributed by atoms with E-state index in [2.05, 4.69) is 11.8 Å². The van der Waals surface area contributed by atoms with Gasteiger partial charge in [-0.15, -0.1) is 0 Å². The predicted molar refractivity (Wildman–Crippen MR) is 80.3 cm³/mol. The lowest BCUT2D eigenvalue weighted by atomic mass is 9.81. The molecule has 2 heteroatoms. The maximum Gasteiger partial charge on any atom is 0.127 e. The predicted octanol–water partition coefficient (Wildman–Crippen LogP) is 4.04. The first kappa shape index (κ1) is 15.0. The Morgan fingerprint density at radius 1 is 1.05 bits per heavy atom. The van der Waals surface area contributed by atoms with Crippen LogP contribution in [0.3, 0.4) is 0 Å². The van der Waals surface area contributed by atoms with Gasteiger partial charge in [-0.05, 0) is 51.1 Å². The smallest absolute Gasteiger partial charge is 0.127 e. The first-order valence-electron chi connectivity index (χ1n) is 8.47. The molecule has 0 radical (unpaired) electrons. The summed E-state index contributed by atoms with van der Waals surface area (Å²) in [5.41, 5.74) is -0.0114. The SMILES string of the molecule is CCC1CCCN(CC2(C=O)CCCCCC2)CC1. The Kier molecular flexibility index (Phi) is 5.87. The van der Waals surface area contributed by atoms with E-state index < -0.39 is 0 Å². The first-order chi connectivity index (χ1) is 9.28. The van der Waals surface area contributed by atoms with Crippen LogP contribution in [0.25, 0.3) is 0 Å². The molecule has 1 aliphatic heterocycles. The molecule has 0 spiro atoms. The topological polar surface area (TPSA) is 20.3 Å². The molecule has 2 rings (SSSR count). The highest BCUT2D eigenvalue weighted by molar-refractivity contribution is 5.59. The number of rotatable bonds is 4. The zero-order valence-electron chi connectivity index (χ0n) is 12.7. The molecular weight excluding hydrogens is 234 g/mol. The van der Waals surface area contributed by atoms with Crippen LogP contribution >= 0.6 is 0 Å². The fourth-order valence-corrected chi connectivity index (χ4v) is 3.98. The molecule has 2 aliphatic rings. The largest absolute Gasteiger partial charge is 0.303 e. The van der Waals surface area contributed by atoms with E-state index in [1.165, 1.54) is 70.7 Å². The van der Waals surface area contributed by atoms with E-state index in [-0.39, 0.29) is 5.41 Å². The Hall–Kier alpha value is -0.370. The van der Waals surface area contributed by atoms with Crippen molar-refractivity contribution in [2.24, 2.45) is 11.3 Å². The van der Waals surface area contributed by atoms with Crippen LogP contribution in [-0.2, 0) is 4.79 Å². The van der Waals surface area contributed by atoms with Crippen LogP contribution in [0, 0.1) is 11.3 Å². The van der Waals surface area contributed by atoms with Crippen LogP contribution in [-0.4, -0.2) is 30.8 Å². The highest BCUT2D eigenvalue weighted by Gasteiger charge is 2.33. The monoisotopic (exact) mass is 265 g/mol. The van der Waals surface area contributed by atoms with Gasteiger partial charge in [0.25, 0.3) is 0 Å². The van der Waals surface area contributed by atoms with Crippen LogP contribution in [0.4, 0.5) is 0 Å². The molecule has 1 saturated heterocycles. The third kappa shape index (κ3) is 4.30. The fourth-order valence-electron chi connectivity index (χ4n) is 3.98. The van der Waals surface area contributed by atoms with E-state index in [1.807, 2.05) is 0 Å². The van der Waals surface area contributed by atoms with Crippen molar-refractivity contribution in [1.29, 1.82) is 0 Å². The average Bonchev–Trinajstić information content (AvgIpc) is 2.80. The van der Waals surface area contributed by atoms with Crippen LogP contribution in [0.5, 0.6) is 0 Å². The molecule has 0 amide bonds. The van der Waals surface area contributed by atoms with Gasteiger partial charge in [0.05, 0.1) is 0 Å². The van der Waals surface area contributed by atoms with E-state index >= 15 is 0 Å². The molecule has 1 saturated carbocycles. The van der Waals surface area contributed by atoms with Crippen molar-refractivity contribution in [3.8, 4) is 0 Å². The van der Waals surface area contributed by atoms with E-state index in [0.29, 0.717) is 0 Å². The van der Waals surface area contributed by atoms with Gasteiger partial charge in [0, 0.05) is 12.0 Å². The molecule has 1 heterocycles. The third-order valence-corrected chi connectivity index (χ3v) is 5.41. The zero-order chi connectivity index (χ0) is 13.6. The summed E-state index contributed by atoms with van der Waals surface area (Å²) < 4.78 is 0. The summed E-state index contributed by atoms with van der Waals surface area (Å²) in [6.45, 7) is 5.78. The van der Waals surface area contributed by atoms with Gasteiger partial charge in [-0.25, -0.2) is 0 Å². The molecule has 110 valence electrons. The third-order valence-electron chi connectivity index (χ3n) is 5.41. The Bertz CT molecular complexity index is 268. The Morgan fingerprint density at radius 3 is 2.42 bits per heavy atom. The minimum atomic E-state index is -0.0114. The number of nitrogens with zero attached hydrogens (tertiary/aromatic N) is 1. The number of carbonyl (C=O) groups is 1. The molecule has 19 heavy (non-hydrogen) atoms. The van der Waals surface area contributed by atoms with Gasteiger partial charge in [0.15, 0.2) is 0 Å². The summed E-state index contributed by atoms with van der Waals surface area (Å²) in [6.07, 6.45) is 14.1. The molecule has 0 aromatic carbocycles. The van der Waals surface area contributed by atoms with Gasteiger partial charge < -0.3 is 9.69 Å². The van der Waals surface area contributed by atoms with E-state index in [4.69, 9.17) is 0 Å². The molecule has 2 fully saturated rings. The highest BCUT2D eigenvalue weighted by Crippen LogP contribution is 2.35. The van der Waals surface area contributed by atoms with E-state index in [9.17, 15) is 4.79 Å². The van der Waals surface area contributed by atoms with Crippen LogP contribution in [0.1, 0.15) is 71.1 Å². The van der Waals surface area contributed by atoms with E-state index in [1.54, 1.807) is 0 Å². The molecule has 0 aromatic heterocycles. The second-order valence-corrected chi connectivity index (χ2v) is 6.88. The lowest BCUT2D eigenvalue weighted by Crippen LogP contribution is -2.39. The Morgan fingerprint density at radius 2 is 1.79 bits per heavy atom. The van der Waals surface area contributed by atoms with Crippen molar-refractivity contribution >= 4 is 6.29 Å². The van der Waals surface area contributed by atoms with Crippen molar-refractivity contribution in [3.63, 3.8) is 0 Å². The first-order valence-corrected chi connectivity index (χ1v) is 8.47. The summed E-state index contributed by atoms with van der Waals surface area (Å²) in [5, 5.41) is 0. The summed E-state index contributed by atoms with van der Waals surface area (Å²) in [6, 6.07) is 0. The zero-order valence-corrected chi connectivity index (χ0v) is 12.7. The number of hydrogen-bond acceptors (Lipinski definition) is 2. The average molecular weight is 265 g/mol. The van der Waals surface area contributed by atoms with Gasteiger partial charge in [-0.3, -0.25) is 0 Å². The molecular formula is C17H31NO. The highest BCUT2D eigenvalue weighted by atomic mass is 16.1. The second kappa shape index (κ2) is 7.42. The van der Waals surface area contributed by atoms with Gasteiger partial charge in [-0.1, -0.05) is 39.0 Å². The summed E-state index contributed by atoms with van der Waals surface area (Å²) in [4.78, 5) is 14.3. The van der Waals surface area contributed by atoms with E-state index in [0.717, 1.165) is 25.3 Å². The van der Waals surface area contributed by atoms with Gasteiger partial charge in [-0.2, -0.15) is 0 Å². The number of hydrogen-bond donors (Lipinski definition) is 0. The van der Waals surface area contributed by atoms with Crippen molar-refractivity contribution in [1.82, 2.24) is 4.90 Å². The lowest BCUT2D eigenvalue weighted by Gasteiger charge is -2.33. The van der Waals surface area contributed by atoms with Crippen LogP contribution in [0.2, 0.25) is 0 Å². The molecule has 1 aliphatic carbocycles. The molecule has 1 atom stereocenters. The number of aldehydes is 1. The summed E-state index contributed by atoms with van der Waals surface area (Å²) in [7, 11) is 0. The van der Waals surface area contributed by atoms with Crippen LogP contribution < -0.4 is 0 Å². The normalized spacial score (nSPS) is 29.4. The molecule has 1 unspecified atom stereocenters. The maximum absolute atomic E-state index is 11.7. The fraction of sp³-hybridized carbons (Fsp3) is 0.941. The number of likely N-dealkylation sites (tertiary alicyclic amines) is 1. The molecule has 0 N–H and O–H groups in total. The summed E-state index contributed by atoms with van der Waals surface area (Å²) >= 11 is 0. The van der Waals surface area contributed by atoms with Crippen LogP contribution in [0.15, 0.2) is 0 Å². The Balaban J connectivity index is 1.91. The summed E-state index contributed by atoms with van der Waals surface area (Å²) in [5.74, 6) is 0.923. The number of carbonyl (C=O) groups excluding carboxylic acids is 1. The minimum absolute atomic E-state index is 0.0114. The molecule has 2 nitrogen and oxygen atoms in total. The standard InChI is InChI=1S/C17H31NO/c1-2-16-8-7-12-18(13-9-16)14-17(15-19)10-5-3-4-6-11-17/h15-16H,2-14H2,1H3. The van der Waals surface area contributed by atoms with Crippen molar-refractivity contribution in [2.75, 3.05) is 19.6 Å². The van der Waals surface area contributed by atoms with Gasteiger partial charge >= 0.3 is 0 Å². The van der Waals surface area contributed by atoms with Gasteiger partial charge in [0.2, 0.25) is 0 Å². The van der Waals surface area contributed by atoms with Crippen molar-refractivity contribution in [2.45, 2.75) is 71.1 Å². The lowest BCUT2D eigenvalue weighted by molar-refractivity contribution is -0.118.